The lowest BCUT2D eigenvalue weighted by molar-refractivity contribution is 0.0478. The minimum atomic E-state index is -0.512. The van der Waals surface area contributed by atoms with E-state index in [9.17, 15) is 9.90 Å². The first-order valence-corrected chi connectivity index (χ1v) is 7.28. The maximum atomic E-state index is 12.4. The zero-order chi connectivity index (χ0) is 13.3. The smallest absolute Gasteiger partial charge is 0.264 e. The number of fused-ring (bicyclic) bond motifs is 1. The van der Waals surface area contributed by atoms with Crippen LogP contribution in [0.3, 0.4) is 0 Å². The maximum absolute atomic E-state index is 12.4. The predicted molar refractivity (Wildman–Crippen MR) is 74.2 cm³/mol. The topological polar surface area (TPSA) is 40.5 Å². The quantitative estimate of drug-likeness (QED) is 0.914. The average Bonchev–Trinajstić information content (AvgIpc) is 2.80. The highest BCUT2D eigenvalue weighted by Crippen LogP contribution is 2.31. The number of nitrogens with zero attached hydrogens (tertiary/aromatic N) is 1. The Kier molecular flexibility index (Phi) is 3.78. The molecule has 2 rings (SSSR count). The molecule has 0 bridgehead atoms. The van der Waals surface area contributed by atoms with E-state index >= 15 is 0 Å². The van der Waals surface area contributed by atoms with Crippen molar-refractivity contribution in [2.45, 2.75) is 45.1 Å². The Balaban J connectivity index is 2.21. The number of thiophene rings is 1. The number of amides is 1. The molecule has 0 fully saturated rings. The third-order valence-electron chi connectivity index (χ3n) is 3.81. The lowest BCUT2D eigenvalue weighted by atomic mass is 9.99. The summed E-state index contributed by atoms with van der Waals surface area (Å²) in [4.78, 5) is 16.2. The second-order valence-electron chi connectivity index (χ2n) is 5.60. The van der Waals surface area contributed by atoms with Crippen LogP contribution < -0.4 is 0 Å². The molecular weight excluding hydrogens is 246 g/mol. The van der Waals surface area contributed by atoms with E-state index in [2.05, 4.69) is 0 Å². The normalized spacial score (nSPS) is 15.3. The second-order valence-corrected chi connectivity index (χ2v) is 6.74. The van der Waals surface area contributed by atoms with Crippen molar-refractivity contribution in [3.05, 3.63) is 21.4 Å². The third kappa shape index (κ3) is 2.45. The van der Waals surface area contributed by atoms with Gasteiger partial charge in [-0.25, -0.2) is 0 Å². The van der Waals surface area contributed by atoms with Gasteiger partial charge in [0.1, 0.15) is 0 Å². The van der Waals surface area contributed by atoms with Crippen molar-refractivity contribution >= 4 is 17.2 Å². The molecule has 1 aromatic heterocycles. The Bertz CT molecular complexity index is 427. The van der Waals surface area contributed by atoms with Gasteiger partial charge in [-0.05, 0) is 51.2 Å². The molecule has 1 amide bonds. The minimum Gasteiger partial charge on any atom is -0.394 e. The number of hydrogen-bond acceptors (Lipinski definition) is 3. The molecule has 3 nitrogen and oxygen atoms in total. The molecule has 1 N–H and O–H groups in total. The van der Waals surface area contributed by atoms with Gasteiger partial charge in [-0.15, -0.1) is 11.3 Å². The molecule has 1 aliphatic rings. The number of rotatable bonds is 3. The molecule has 4 heteroatoms. The summed E-state index contributed by atoms with van der Waals surface area (Å²) < 4.78 is 0. The highest BCUT2D eigenvalue weighted by molar-refractivity contribution is 7.14. The summed E-state index contributed by atoms with van der Waals surface area (Å²) in [5.74, 6) is 0.0217. The number of carbonyl (C=O) groups excluding carboxylic acids is 1. The Morgan fingerprint density at radius 1 is 1.44 bits per heavy atom. The van der Waals surface area contributed by atoms with Gasteiger partial charge in [-0.3, -0.25) is 4.79 Å². The van der Waals surface area contributed by atoms with E-state index in [4.69, 9.17) is 0 Å². The van der Waals surface area contributed by atoms with Crippen LogP contribution in [0.2, 0.25) is 0 Å². The van der Waals surface area contributed by atoms with Crippen LogP contribution in [0.25, 0.3) is 0 Å². The van der Waals surface area contributed by atoms with Crippen molar-refractivity contribution in [3.63, 3.8) is 0 Å². The van der Waals surface area contributed by atoms with Crippen molar-refractivity contribution in [2.75, 3.05) is 13.7 Å². The second kappa shape index (κ2) is 5.02. The third-order valence-corrected chi connectivity index (χ3v) is 5.03. The van der Waals surface area contributed by atoms with Crippen molar-refractivity contribution in [1.29, 1.82) is 0 Å². The fourth-order valence-corrected chi connectivity index (χ4v) is 3.37. The van der Waals surface area contributed by atoms with Crippen LogP contribution in [0.5, 0.6) is 0 Å². The first kappa shape index (κ1) is 13.6. The highest BCUT2D eigenvalue weighted by atomic mass is 32.1. The fourth-order valence-electron chi connectivity index (χ4n) is 2.14. The fraction of sp³-hybridized carbons (Fsp3) is 0.643. The molecule has 0 saturated carbocycles. The van der Waals surface area contributed by atoms with E-state index in [-0.39, 0.29) is 12.5 Å². The average molecular weight is 267 g/mol. The Hall–Kier alpha value is -0.870. The number of carbonyl (C=O) groups is 1. The number of likely N-dealkylation sites (N-methyl/N-ethyl adjacent to an activating group) is 1. The van der Waals surface area contributed by atoms with E-state index < -0.39 is 5.54 Å². The molecule has 1 aliphatic carbocycles. The van der Waals surface area contributed by atoms with Crippen LogP contribution >= 0.6 is 11.3 Å². The van der Waals surface area contributed by atoms with Gasteiger partial charge in [0.25, 0.3) is 5.91 Å². The summed E-state index contributed by atoms with van der Waals surface area (Å²) in [6, 6.07) is 2.05. The number of aryl methyl sites for hydroxylation is 2. The molecule has 0 unspecified atom stereocenters. The van der Waals surface area contributed by atoms with Gasteiger partial charge in [0.05, 0.1) is 17.0 Å². The van der Waals surface area contributed by atoms with E-state index in [1.54, 1.807) is 23.3 Å². The van der Waals surface area contributed by atoms with Crippen molar-refractivity contribution < 1.29 is 9.90 Å². The Morgan fingerprint density at radius 2 is 2.11 bits per heavy atom. The molecule has 0 saturated heterocycles. The van der Waals surface area contributed by atoms with Gasteiger partial charge in [0, 0.05) is 11.9 Å². The summed E-state index contributed by atoms with van der Waals surface area (Å²) in [5.41, 5.74) is 0.839. The summed E-state index contributed by atoms with van der Waals surface area (Å²) in [6.07, 6.45) is 4.68. The van der Waals surface area contributed by atoms with E-state index in [1.807, 2.05) is 19.9 Å². The van der Waals surface area contributed by atoms with Crippen LogP contribution in [0.4, 0.5) is 0 Å². The zero-order valence-electron chi connectivity index (χ0n) is 11.3. The van der Waals surface area contributed by atoms with Crippen molar-refractivity contribution in [3.8, 4) is 0 Å². The van der Waals surface area contributed by atoms with E-state index in [0.29, 0.717) is 0 Å². The van der Waals surface area contributed by atoms with Crippen molar-refractivity contribution in [2.24, 2.45) is 0 Å². The maximum Gasteiger partial charge on any atom is 0.264 e. The first-order valence-electron chi connectivity index (χ1n) is 6.46. The standard InChI is InChI=1S/C14H21NO2S/c1-14(2,9-16)15(3)13(17)12-8-10-6-4-5-7-11(10)18-12/h8,16H,4-7,9H2,1-3H3. The zero-order valence-corrected chi connectivity index (χ0v) is 12.1. The first-order chi connectivity index (χ1) is 8.45. The number of aliphatic hydroxyl groups is 1. The van der Waals surface area contributed by atoms with E-state index in [0.717, 1.165) is 17.7 Å². The van der Waals surface area contributed by atoms with Crippen molar-refractivity contribution in [1.82, 2.24) is 4.90 Å². The number of hydrogen-bond donors (Lipinski definition) is 1. The van der Waals surface area contributed by atoms with Gasteiger partial charge in [0.2, 0.25) is 0 Å². The summed E-state index contributed by atoms with van der Waals surface area (Å²) in [6.45, 7) is 3.72. The SMILES string of the molecule is CN(C(=O)c1cc2c(s1)CCCC2)C(C)(C)CO. The van der Waals surface area contributed by atoms with E-state index in [1.165, 1.54) is 23.3 Å². The molecule has 1 heterocycles. The molecule has 0 aliphatic heterocycles. The van der Waals surface area contributed by atoms with Crippen LogP contribution in [0.1, 0.15) is 46.8 Å². The Labute approximate surface area is 112 Å². The molecule has 0 spiro atoms. The molecule has 0 radical (unpaired) electrons. The van der Waals surface area contributed by atoms with Gasteiger partial charge in [0.15, 0.2) is 0 Å². The summed E-state index contributed by atoms with van der Waals surface area (Å²) in [7, 11) is 1.76. The Morgan fingerprint density at radius 3 is 2.72 bits per heavy atom. The molecular formula is C14H21NO2S. The monoisotopic (exact) mass is 267 g/mol. The van der Waals surface area contributed by atoms with Gasteiger partial charge < -0.3 is 10.0 Å². The molecule has 1 aromatic rings. The minimum absolute atomic E-state index is 0.0217. The van der Waals surface area contributed by atoms with Crippen LogP contribution in [0.15, 0.2) is 6.07 Å². The molecule has 100 valence electrons. The molecule has 0 atom stereocenters. The van der Waals surface area contributed by atoms with Gasteiger partial charge in [-0.2, -0.15) is 0 Å². The lowest BCUT2D eigenvalue weighted by Gasteiger charge is -2.33. The largest absolute Gasteiger partial charge is 0.394 e. The lowest BCUT2D eigenvalue weighted by Crippen LogP contribution is -2.47. The highest BCUT2D eigenvalue weighted by Gasteiger charge is 2.29. The molecule has 0 aromatic carbocycles. The van der Waals surface area contributed by atoms with Crippen LogP contribution in [0, 0.1) is 0 Å². The summed E-state index contributed by atoms with van der Waals surface area (Å²) in [5, 5.41) is 9.33. The van der Waals surface area contributed by atoms with Crippen LogP contribution in [-0.4, -0.2) is 35.1 Å². The van der Waals surface area contributed by atoms with Gasteiger partial charge in [-0.1, -0.05) is 0 Å². The predicted octanol–water partition coefficient (Wildman–Crippen LogP) is 2.47. The number of aliphatic hydroxyl groups excluding tert-OH is 1. The molecule has 18 heavy (non-hydrogen) atoms. The summed E-state index contributed by atoms with van der Waals surface area (Å²) >= 11 is 1.63. The van der Waals surface area contributed by atoms with Gasteiger partial charge >= 0.3 is 0 Å². The van der Waals surface area contributed by atoms with Crippen LogP contribution in [-0.2, 0) is 12.8 Å².